The minimum absolute atomic E-state index is 0.00699. The van der Waals surface area contributed by atoms with Crippen molar-refractivity contribution in [3.05, 3.63) is 28.7 Å². The number of ether oxygens (including phenoxy) is 1. The molecule has 1 amide bonds. The third-order valence-electron chi connectivity index (χ3n) is 2.73. The summed E-state index contributed by atoms with van der Waals surface area (Å²) >= 11 is 3.40. The van der Waals surface area contributed by atoms with Crippen LogP contribution in [-0.4, -0.2) is 42.2 Å². The van der Waals surface area contributed by atoms with Crippen molar-refractivity contribution < 1.29 is 14.6 Å². The first kappa shape index (κ1) is 16.0. The van der Waals surface area contributed by atoms with Crippen molar-refractivity contribution in [3.8, 4) is 5.75 Å². The molecule has 4 nitrogen and oxygen atoms in total. The average Bonchev–Trinajstić information content (AvgIpc) is 2.42. The number of para-hydroxylation sites is 1. The number of likely N-dealkylation sites (N-methyl/N-ethyl adjacent to an activating group) is 1. The highest BCUT2D eigenvalue weighted by Gasteiger charge is 2.10. The molecule has 0 bridgehead atoms. The number of carbonyl (C=O) groups is 1. The maximum absolute atomic E-state index is 11.8. The molecule has 0 spiro atoms. The third-order valence-corrected chi connectivity index (χ3v) is 3.39. The second kappa shape index (κ2) is 8.93. The number of aliphatic hydroxyl groups excluding tert-OH is 1. The zero-order chi connectivity index (χ0) is 14.1. The summed E-state index contributed by atoms with van der Waals surface area (Å²) in [5, 5.41) is 8.84. The summed E-state index contributed by atoms with van der Waals surface area (Å²) in [6, 6.07) is 7.64. The van der Waals surface area contributed by atoms with Crippen molar-refractivity contribution >= 4 is 21.8 Å². The van der Waals surface area contributed by atoms with Crippen molar-refractivity contribution in [2.24, 2.45) is 0 Å². The molecule has 0 heterocycles. The van der Waals surface area contributed by atoms with Crippen LogP contribution in [0.1, 0.15) is 19.8 Å². The molecule has 0 radical (unpaired) electrons. The Balaban J connectivity index is 2.27. The zero-order valence-electron chi connectivity index (χ0n) is 11.1. The number of nitrogens with zero attached hydrogens (tertiary/aromatic N) is 1. The fourth-order valence-corrected chi connectivity index (χ4v) is 2.10. The summed E-state index contributed by atoms with van der Waals surface area (Å²) in [4.78, 5) is 13.4. The quantitative estimate of drug-likeness (QED) is 0.745. The van der Waals surface area contributed by atoms with Crippen molar-refractivity contribution in [3.63, 3.8) is 0 Å². The molecule has 1 rings (SSSR count). The zero-order valence-corrected chi connectivity index (χ0v) is 12.7. The fraction of sp³-hybridized carbons (Fsp3) is 0.500. The normalized spacial score (nSPS) is 10.3. The van der Waals surface area contributed by atoms with Gasteiger partial charge in [0.05, 0.1) is 17.7 Å². The van der Waals surface area contributed by atoms with E-state index >= 15 is 0 Å². The van der Waals surface area contributed by atoms with E-state index in [-0.39, 0.29) is 12.5 Å². The molecule has 106 valence electrons. The van der Waals surface area contributed by atoms with Crippen LogP contribution in [0.5, 0.6) is 5.75 Å². The van der Waals surface area contributed by atoms with Crippen LogP contribution in [-0.2, 0) is 4.79 Å². The van der Waals surface area contributed by atoms with Gasteiger partial charge in [-0.2, -0.15) is 0 Å². The number of amides is 1. The highest BCUT2D eigenvalue weighted by Crippen LogP contribution is 2.23. The molecule has 1 aromatic rings. The second-order valence-electron chi connectivity index (χ2n) is 4.08. The Morgan fingerprint density at radius 2 is 2.16 bits per heavy atom. The molecule has 5 heteroatoms. The topological polar surface area (TPSA) is 49.8 Å². The van der Waals surface area contributed by atoms with Crippen molar-refractivity contribution in [1.29, 1.82) is 0 Å². The lowest BCUT2D eigenvalue weighted by Crippen LogP contribution is -2.33. The summed E-state index contributed by atoms with van der Waals surface area (Å²) in [7, 11) is 0. The van der Waals surface area contributed by atoms with Crippen LogP contribution in [0.15, 0.2) is 28.7 Å². The lowest BCUT2D eigenvalue weighted by molar-refractivity contribution is -0.131. The molecular weight excluding hydrogens is 310 g/mol. The van der Waals surface area contributed by atoms with Crippen molar-refractivity contribution in [2.45, 2.75) is 19.8 Å². The maximum Gasteiger partial charge on any atom is 0.222 e. The first-order valence-electron chi connectivity index (χ1n) is 6.45. The van der Waals surface area contributed by atoms with Gasteiger partial charge in [-0.15, -0.1) is 0 Å². The number of aliphatic hydroxyl groups is 1. The highest BCUT2D eigenvalue weighted by atomic mass is 79.9. The molecule has 0 saturated carbocycles. The van der Waals surface area contributed by atoms with Gasteiger partial charge in [-0.3, -0.25) is 4.79 Å². The van der Waals surface area contributed by atoms with E-state index in [1.54, 1.807) is 4.90 Å². The van der Waals surface area contributed by atoms with Gasteiger partial charge in [0.25, 0.3) is 0 Å². The molecule has 0 unspecified atom stereocenters. The third kappa shape index (κ3) is 5.61. The average molecular weight is 330 g/mol. The number of hydrogen-bond acceptors (Lipinski definition) is 3. The van der Waals surface area contributed by atoms with Crippen LogP contribution in [0.2, 0.25) is 0 Å². The largest absolute Gasteiger partial charge is 0.492 e. The number of benzene rings is 1. The van der Waals surface area contributed by atoms with Crippen LogP contribution in [0, 0.1) is 0 Å². The summed E-state index contributed by atoms with van der Waals surface area (Å²) in [6.07, 6.45) is 1.11. The van der Waals surface area contributed by atoms with Gasteiger partial charge in [-0.1, -0.05) is 12.1 Å². The molecule has 1 aromatic carbocycles. The first-order valence-corrected chi connectivity index (χ1v) is 7.24. The molecule has 19 heavy (non-hydrogen) atoms. The van der Waals surface area contributed by atoms with Crippen molar-refractivity contribution in [2.75, 3.05) is 26.3 Å². The second-order valence-corrected chi connectivity index (χ2v) is 4.93. The molecular formula is C14H20BrNO3. The molecule has 0 atom stereocenters. The molecule has 0 fully saturated rings. The van der Waals surface area contributed by atoms with E-state index in [1.165, 1.54) is 0 Å². The van der Waals surface area contributed by atoms with Crippen LogP contribution >= 0.6 is 15.9 Å². The predicted octanol–water partition coefficient (Wildman–Crippen LogP) is 2.45. The van der Waals surface area contributed by atoms with Crippen LogP contribution in [0.3, 0.4) is 0 Å². The van der Waals surface area contributed by atoms with Gasteiger partial charge < -0.3 is 14.7 Å². The minimum atomic E-state index is 0.00699. The maximum atomic E-state index is 11.8. The van der Waals surface area contributed by atoms with E-state index in [9.17, 15) is 4.79 Å². The SMILES string of the molecule is CCN(CCO)C(=O)CCCOc1ccccc1Br. The van der Waals surface area contributed by atoms with Gasteiger partial charge in [-0.25, -0.2) is 0 Å². The van der Waals surface area contributed by atoms with Crippen LogP contribution in [0.4, 0.5) is 0 Å². The summed E-state index contributed by atoms with van der Waals surface area (Å²) in [6.45, 7) is 3.45. The van der Waals surface area contributed by atoms with E-state index < -0.39 is 0 Å². The van der Waals surface area contributed by atoms with Gasteiger partial charge in [-0.05, 0) is 41.4 Å². The predicted molar refractivity (Wildman–Crippen MR) is 78.2 cm³/mol. The number of rotatable bonds is 8. The Kier molecular flexibility index (Phi) is 7.52. The molecule has 0 aromatic heterocycles. The minimum Gasteiger partial charge on any atom is -0.492 e. The van der Waals surface area contributed by atoms with E-state index in [4.69, 9.17) is 9.84 Å². The Morgan fingerprint density at radius 1 is 1.42 bits per heavy atom. The fourth-order valence-electron chi connectivity index (χ4n) is 1.71. The monoisotopic (exact) mass is 329 g/mol. The Bertz CT molecular complexity index is 398. The van der Waals surface area contributed by atoms with E-state index in [1.807, 2.05) is 31.2 Å². The number of carbonyl (C=O) groups excluding carboxylic acids is 1. The Morgan fingerprint density at radius 3 is 2.79 bits per heavy atom. The van der Waals surface area contributed by atoms with Gasteiger partial charge in [0, 0.05) is 19.5 Å². The van der Waals surface area contributed by atoms with Gasteiger partial charge in [0.15, 0.2) is 0 Å². The molecule has 0 aliphatic heterocycles. The smallest absolute Gasteiger partial charge is 0.222 e. The standard InChI is InChI=1S/C14H20BrNO3/c1-2-16(9-10-17)14(18)8-5-11-19-13-7-4-3-6-12(13)15/h3-4,6-7,17H,2,5,8-11H2,1H3. The highest BCUT2D eigenvalue weighted by molar-refractivity contribution is 9.10. The number of hydrogen-bond donors (Lipinski definition) is 1. The summed E-state index contributed by atoms with van der Waals surface area (Å²) in [5.41, 5.74) is 0. The van der Waals surface area contributed by atoms with E-state index in [2.05, 4.69) is 15.9 Å². The molecule has 1 N–H and O–H groups in total. The summed E-state index contributed by atoms with van der Waals surface area (Å²) in [5.74, 6) is 0.852. The van der Waals surface area contributed by atoms with Crippen LogP contribution < -0.4 is 4.74 Å². The Hall–Kier alpha value is -1.07. The Labute approximate surface area is 122 Å². The van der Waals surface area contributed by atoms with E-state index in [0.29, 0.717) is 32.5 Å². The van der Waals surface area contributed by atoms with Gasteiger partial charge in [0.2, 0.25) is 5.91 Å². The molecule has 0 aliphatic carbocycles. The van der Waals surface area contributed by atoms with Crippen molar-refractivity contribution in [1.82, 2.24) is 4.90 Å². The lowest BCUT2D eigenvalue weighted by Gasteiger charge is -2.19. The van der Waals surface area contributed by atoms with Gasteiger partial charge in [0.1, 0.15) is 5.75 Å². The molecule has 0 saturated heterocycles. The summed E-state index contributed by atoms with van der Waals surface area (Å²) < 4.78 is 6.51. The molecule has 0 aliphatic rings. The van der Waals surface area contributed by atoms with Gasteiger partial charge >= 0.3 is 0 Å². The number of halogens is 1. The lowest BCUT2D eigenvalue weighted by atomic mass is 10.3. The van der Waals surface area contributed by atoms with Crippen LogP contribution in [0.25, 0.3) is 0 Å². The van der Waals surface area contributed by atoms with E-state index in [0.717, 1.165) is 10.2 Å². The first-order chi connectivity index (χ1) is 9.19.